The van der Waals surface area contributed by atoms with Crippen molar-refractivity contribution >= 4 is 17.2 Å². The van der Waals surface area contributed by atoms with Gasteiger partial charge in [-0.2, -0.15) is 0 Å². The van der Waals surface area contributed by atoms with Gasteiger partial charge in [0.1, 0.15) is 0 Å². The number of fused-ring (bicyclic) bond motifs is 1. The van der Waals surface area contributed by atoms with Crippen molar-refractivity contribution in [2.45, 2.75) is 37.6 Å². The molecule has 18 heavy (non-hydrogen) atoms. The first kappa shape index (κ1) is 12.2. The second-order valence-corrected chi connectivity index (χ2v) is 6.30. The standard InChI is InChI=1S/C14H20N2OS/c1-15-10-5-7-16(9-10)14(17)12-3-2-4-13-11(12)6-8-18-13/h6,8,10,12,15H,2-5,7,9H2,1H3. The molecular weight excluding hydrogens is 244 g/mol. The summed E-state index contributed by atoms with van der Waals surface area (Å²) in [6.07, 6.45) is 4.44. The molecule has 1 amide bonds. The number of thiophene rings is 1. The Hall–Kier alpha value is -0.870. The number of nitrogens with zero attached hydrogens (tertiary/aromatic N) is 1. The highest BCUT2D eigenvalue weighted by Gasteiger charge is 2.33. The molecule has 1 saturated heterocycles. The SMILES string of the molecule is CNC1CCN(C(=O)C2CCCc3sccc32)C1. The van der Waals surface area contributed by atoms with Crippen LogP contribution in [-0.2, 0) is 11.2 Å². The molecule has 3 nitrogen and oxygen atoms in total. The molecule has 1 aliphatic carbocycles. The molecule has 3 rings (SSSR count). The Bertz CT molecular complexity index is 443. The maximum Gasteiger partial charge on any atom is 0.230 e. The summed E-state index contributed by atoms with van der Waals surface area (Å²) in [6, 6.07) is 2.65. The summed E-state index contributed by atoms with van der Waals surface area (Å²) in [6.45, 7) is 1.80. The van der Waals surface area contributed by atoms with Crippen LogP contribution < -0.4 is 5.32 Å². The fourth-order valence-corrected chi connectivity index (χ4v) is 4.15. The summed E-state index contributed by atoms with van der Waals surface area (Å²) in [5.41, 5.74) is 1.31. The monoisotopic (exact) mass is 264 g/mol. The van der Waals surface area contributed by atoms with Gasteiger partial charge in [-0.3, -0.25) is 4.79 Å². The number of aryl methyl sites for hydroxylation is 1. The predicted molar refractivity (Wildman–Crippen MR) is 74.0 cm³/mol. The van der Waals surface area contributed by atoms with Gasteiger partial charge in [0.15, 0.2) is 0 Å². The molecule has 0 saturated carbocycles. The normalized spacial score (nSPS) is 27.3. The van der Waals surface area contributed by atoms with Crippen molar-refractivity contribution in [1.82, 2.24) is 10.2 Å². The molecule has 0 radical (unpaired) electrons. The average molecular weight is 264 g/mol. The van der Waals surface area contributed by atoms with Crippen LogP contribution >= 0.6 is 11.3 Å². The summed E-state index contributed by atoms with van der Waals surface area (Å²) >= 11 is 1.81. The molecule has 1 aromatic rings. The lowest BCUT2D eigenvalue weighted by Gasteiger charge is -2.26. The van der Waals surface area contributed by atoms with E-state index < -0.39 is 0 Å². The number of nitrogens with one attached hydrogen (secondary N) is 1. The summed E-state index contributed by atoms with van der Waals surface area (Å²) in [5, 5.41) is 5.41. The highest BCUT2D eigenvalue weighted by Crippen LogP contribution is 2.36. The van der Waals surface area contributed by atoms with Crippen molar-refractivity contribution in [3.8, 4) is 0 Å². The summed E-state index contributed by atoms with van der Waals surface area (Å²) in [4.78, 5) is 16.1. The topological polar surface area (TPSA) is 32.3 Å². The number of hydrogen-bond acceptors (Lipinski definition) is 3. The zero-order chi connectivity index (χ0) is 12.5. The number of carbonyl (C=O) groups excluding carboxylic acids is 1. The second-order valence-electron chi connectivity index (χ2n) is 5.30. The molecule has 98 valence electrons. The molecule has 2 atom stereocenters. The van der Waals surface area contributed by atoms with Gasteiger partial charge in [-0.15, -0.1) is 11.3 Å². The van der Waals surface area contributed by atoms with Crippen LogP contribution in [0.5, 0.6) is 0 Å². The minimum absolute atomic E-state index is 0.135. The predicted octanol–water partition coefficient (Wildman–Crippen LogP) is 1.99. The lowest BCUT2D eigenvalue weighted by atomic mass is 9.87. The van der Waals surface area contributed by atoms with E-state index in [2.05, 4.69) is 21.7 Å². The van der Waals surface area contributed by atoms with Crippen molar-refractivity contribution in [1.29, 1.82) is 0 Å². The quantitative estimate of drug-likeness (QED) is 0.886. The van der Waals surface area contributed by atoms with E-state index in [1.165, 1.54) is 10.4 Å². The van der Waals surface area contributed by atoms with Crippen LogP contribution in [0.4, 0.5) is 0 Å². The van der Waals surface area contributed by atoms with E-state index in [-0.39, 0.29) is 5.92 Å². The van der Waals surface area contributed by atoms with Gasteiger partial charge in [-0.05, 0) is 49.7 Å². The third-order valence-electron chi connectivity index (χ3n) is 4.26. The van der Waals surface area contributed by atoms with Gasteiger partial charge in [0.25, 0.3) is 0 Å². The van der Waals surface area contributed by atoms with Crippen molar-refractivity contribution in [3.05, 3.63) is 21.9 Å². The molecule has 2 aliphatic rings. The molecule has 0 aromatic carbocycles. The van der Waals surface area contributed by atoms with Gasteiger partial charge in [0.2, 0.25) is 5.91 Å². The van der Waals surface area contributed by atoms with Crippen LogP contribution in [0, 0.1) is 0 Å². The third-order valence-corrected chi connectivity index (χ3v) is 5.25. The lowest BCUT2D eigenvalue weighted by Crippen LogP contribution is -2.37. The summed E-state index contributed by atoms with van der Waals surface area (Å²) in [5.74, 6) is 0.489. The number of likely N-dealkylation sites (N-methyl/N-ethyl adjacent to an activating group) is 1. The summed E-state index contributed by atoms with van der Waals surface area (Å²) in [7, 11) is 1.98. The molecular formula is C14H20N2OS. The largest absolute Gasteiger partial charge is 0.341 e. The molecule has 2 heterocycles. The van der Waals surface area contributed by atoms with Crippen molar-refractivity contribution in [3.63, 3.8) is 0 Å². The van der Waals surface area contributed by atoms with E-state index >= 15 is 0 Å². The molecule has 1 N–H and O–H groups in total. The van der Waals surface area contributed by atoms with Gasteiger partial charge in [-0.25, -0.2) is 0 Å². The van der Waals surface area contributed by atoms with Crippen LogP contribution in [-0.4, -0.2) is 37.0 Å². The molecule has 1 aliphatic heterocycles. The highest BCUT2D eigenvalue weighted by atomic mass is 32.1. The Morgan fingerprint density at radius 3 is 3.17 bits per heavy atom. The van der Waals surface area contributed by atoms with Crippen LogP contribution in [0.1, 0.15) is 35.6 Å². The van der Waals surface area contributed by atoms with Gasteiger partial charge < -0.3 is 10.2 Å². The van der Waals surface area contributed by atoms with Crippen LogP contribution in [0.15, 0.2) is 11.4 Å². The molecule has 1 aromatic heterocycles. The van der Waals surface area contributed by atoms with E-state index in [4.69, 9.17) is 0 Å². The lowest BCUT2D eigenvalue weighted by molar-refractivity contribution is -0.132. The molecule has 0 bridgehead atoms. The second kappa shape index (κ2) is 5.02. The number of hydrogen-bond donors (Lipinski definition) is 1. The Balaban J connectivity index is 1.75. The number of likely N-dealkylation sites (tertiary alicyclic amines) is 1. The fraction of sp³-hybridized carbons (Fsp3) is 0.643. The minimum atomic E-state index is 0.135. The fourth-order valence-electron chi connectivity index (χ4n) is 3.16. The maximum atomic E-state index is 12.6. The first-order chi connectivity index (χ1) is 8.79. The summed E-state index contributed by atoms with van der Waals surface area (Å²) < 4.78 is 0. The molecule has 0 spiro atoms. The third kappa shape index (κ3) is 2.08. The smallest absolute Gasteiger partial charge is 0.230 e. The number of amides is 1. The van der Waals surface area contributed by atoms with E-state index in [0.29, 0.717) is 11.9 Å². The minimum Gasteiger partial charge on any atom is -0.341 e. The van der Waals surface area contributed by atoms with E-state index in [0.717, 1.165) is 38.8 Å². The number of carbonyl (C=O) groups is 1. The van der Waals surface area contributed by atoms with Gasteiger partial charge >= 0.3 is 0 Å². The maximum absolute atomic E-state index is 12.6. The Morgan fingerprint density at radius 1 is 1.50 bits per heavy atom. The van der Waals surface area contributed by atoms with Crippen molar-refractivity contribution in [2.75, 3.05) is 20.1 Å². The molecule has 1 fully saturated rings. The zero-order valence-corrected chi connectivity index (χ0v) is 11.6. The van der Waals surface area contributed by atoms with E-state index in [1.807, 2.05) is 18.4 Å². The average Bonchev–Trinajstić information content (AvgIpc) is 3.05. The van der Waals surface area contributed by atoms with Crippen molar-refractivity contribution < 1.29 is 4.79 Å². The van der Waals surface area contributed by atoms with Gasteiger partial charge in [0, 0.05) is 24.0 Å². The first-order valence-corrected chi connectivity index (χ1v) is 7.70. The number of rotatable bonds is 2. The van der Waals surface area contributed by atoms with E-state index in [9.17, 15) is 4.79 Å². The van der Waals surface area contributed by atoms with Gasteiger partial charge in [0.05, 0.1) is 5.92 Å². The van der Waals surface area contributed by atoms with Crippen LogP contribution in [0.2, 0.25) is 0 Å². The van der Waals surface area contributed by atoms with Crippen LogP contribution in [0.3, 0.4) is 0 Å². The van der Waals surface area contributed by atoms with E-state index in [1.54, 1.807) is 0 Å². The highest BCUT2D eigenvalue weighted by molar-refractivity contribution is 7.10. The first-order valence-electron chi connectivity index (χ1n) is 6.82. The zero-order valence-electron chi connectivity index (χ0n) is 10.8. The van der Waals surface area contributed by atoms with Crippen molar-refractivity contribution in [2.24, 2.45) is 0 Å². The Labute approximate surface area is 112 Å². The molecule has 2 unspecified atom stereocenters. The Kier molecular flexibility index (Phi) is 3.39. The van der Waals surface area contributed by atoms with Gasteiger partial charge in [-0.1, -0.05) is 0 Å². The molecule has 4 heteroatoms. The van der Waals surface area contributed by atoms with Crippen LogP contribution in [0.25, 0.3) is 0 Å². The Morgan fingerprint density at radius 2 is 2.39 bits per heavy atom.